The molecule has 0 unspecified atom stereocenters. The van der Waals surface area contributed by atoms with Gasteiger partial charge in [-0.3, -0.25) is 0 Å². The van der Waals surface area contributed by atoms with Gasteiger partial charge in [-0.05, 0) is 49.1 Å². The molecule has 0 N–H and O–H groups in total. The highest BCUT2D eigenvalue weighted by atomic mass is 19.1. The summed E-state index contributed by atoms with van der Waals surface area (Å²) in [6.07, 6.45) is 9.98. The van der Waals surface area contributed by atoms with Crippen molar-refractivity contribution in [3.63, 3.8) is 0 Å². The van der Waals surface area contributed by atoms with Crippen LogP contribution in [0.25, 0.3) is 5.57 Å². The SMILES string of the molecule is C/C=C/C1=CC=C(c2cc(OC)ccc2F)CC1. The molecule has 94 valence electrons. The molecule has 0 heterocycles. The molecular formula is C16H17FO. The lowest BCUT2D eigenvalue weighted by atomic mass is 9.92. The van der Waals surface area contributed by atoms with Gasteiger partial charge >= 0.3 is 0 Å². The highest BCUT2D eigenvalue weighted by Crippen LogP contribution is 2.30. The molecule has 0 radical (unpaired) electrons. The molecule has 0 saturated heterocycles. The first-order chi connectivity index (χ1) is 8.74. The van der Waals surface area contributed by atoms with Crippen molar-refractivity contribution < 1.29 is 9.13 Å². The standard InChI is InChI=1S/C16H17FO/c1-3-4-12-5-7-13(8-6-12)15-11-14(18-2)9-10-16(15)17/h3-5,7,9-11H,6,8H2,1-2H3/b4-3+. The molecule has 0 aromatic heterocycles. The van der Waals surface area contributed by atoms with Crippen molar-refractivity contribution in [1.29, 1.82) is 0 Å². The fourth-order valence-electron chi connectivity index (χ4n) is 2.11. The summed E-state index contributed by atoms with van der Waals surface area (Å²) in [6.45, 7) is 2.00. The minimum atomic E-state index is -0.190. The lowest BCUT2D eigenvalue weighted by Crippen LogP contribution is -1.96. The Morgan fingerprint density at radius 3 is 2.67 bits per heavy atom. The molecule has 1 aromatic rings. The van der Waals surface area contributed by atoms with E-state index in [0.29, 0.717) is 11.3 Å². The average molecular weight is 244 g/mol. The molecule has 1 aromatic carbocycles. The van der Waals surface area contributed by atoms with Gasteiger partial charge < -0.3 is 4.74 Å². The zero-order valence-electron chi connectivity index (χ0n) is 10.7. The minimum Gasteiger partial charge on any atom is -0.497 e. The number of ether oxygens (including phenoxy) is 1. The van der Waals surface area contributed by atoms with Gasteiger partial charge in [0.15, 0.2) is 0 Å². The van der Waals surface area contributed by atoms with Crippen LogP contribution in [0, 0.1) is 5.82 Å². The van der Waals surface area contributed by atoms with Crippen LogP contribution >= 0.6 is 0 Å². The van der Waals surface area contributed by atoms with E-state index in [1.807, 2.05) is 19.1 Å². The van der Waals surface area contributed by atoms with Crippen molar-refractivity contribution >= 4 is 5.57 Å². The molecule has 1 aliphatic carbocycles. The third kappa shape index (κ3) is 2.70. The fourth-order valence-corrected chi connectivity index (χ4v) is 2.11. The first kappa shape index (κ1) is 12.6. The van der Waals surface area contributed by atoms with E-state index < -0.39 is 0 Å². The molecule has 2 heteroatoms. The van der Waals surface area contributed by atoms with E-state index in [9.17, 15) is 4.39 Å². The Morgan fingerprint density at radius 1 is 1.22 bits per heavy atom. The quantitative estimate of drug-likeness (QED) is 0.760. The third-order valence-electron chi connectivity index (χ3n) is 3.08. The summed E-state index contributed by atoms with van der Waals surface area (Å²) in [4.78, 5) is 0. The van der Waals surface area contributed by atoms with Crippen LogP contribution in [0.15, 0.2) is 48.1 Å². The largest absolute Gasteiger partial charge is 0.497 e. The van der Waals surface area contributed by atoms with Gasteiger partial charge in [-0.1, -0.05) is 24.3 Å². The number of allylic oxidation sites excluding steroid dienone is 6. The van der Waals surface area contributed by atoms with Crippen LogP contribution in [-0.2, 0) is 0 Å². The van der Waals surface area contributed by atoms with Gasteiger partial charge in [0.05, 0.1) is 7.11 Å². The predicted octanol–water partition coefficient (Wildman–Crippen LogP) is 4.51. The molecule has 0 fully saturated rings. The lowest BCUT2D eigenvalue weighted by molar-refractivity contribution is 0.413. The smallest absolute Gasteiger partial charge is 0.130 e. The molecule has 0 bridgehead atoms. The highest BCUT2D eigenvalue weighted by molar-refractivity contribution is 5.70. The minimum absolute atomic E-state index is 0.190. The molecule has 0 saturated carbocycles. The van der Waals surface area contributed by atoms with E-state index in [2.05, 4.69) is 12.2 Å². The van der Waals surface area contributed by atoms with E-state index in [0.717, 1.165) is 18.4 Å². The van der Waals surface area contributed by atoms with Crippen LogP contribution < -0.4 is 4.74 Å². The maximum Gasteiger partial charge on any atom is 0.130 e. The Kier molecular flexibility index (Phi) is 3.98. The highest BCUT2D eigenvalue weighted by Gasteiger charge is 2.12. The van der Waals surface area contributed by atoms with E-state index in [4.69, 9.17) is 4.74 Å². The monoisotopic (exact) mass is 244 g/mol. The van der Waals surface area contributed by atoms with Crippen LogP contribution in [0.5, 0.6) is 5.75 Å². The van der Waals surface area contributed by atoms with Crippen LogP contribution in [0.2, 0.25) is 0 Å². The first-order valence-corrected chi connectivity index (χ1v) is 6.11. The Morgan fingerprint density at radius 2 is 2.06 bits per heavy atom. The molecule has 1 aliphatic rings. The van der Waals surface area contributed by atoms with Crippen molar-refractivity contribution in [2.24, 2.45) is 0 Å². The van der Waals surface area contributed by atoms with Gasteiger partial charge in [-0.2, -0.15) is 0 Å². The van der Waals surface area contributed by atoms with Gasteiger partial charge in [0.25, 0.3) is 0 Å². The summed E-state index contributed by atoms with van der Waals surface area (Å²) >= 11 is 0. The predicted molar refractivity (Wildman–Crippen MR) is 73.1 cm³/mol. The summed E-state index contributed by atoms with van der Waals surface area (Å²) in [5, 5.41) is 0. The number of benzene rings is 1. The Hall–Kier alpha value is -1.83. The third-order valence-corrected chi connectivity index (χ3v) is 3.08. The van der Waals surface area contributed by atoms with E-state index in [1.54, 1.807) is 19.2 Å². The van der Waals surface area contributed by atoms with Crippen LogP contribution in [0.1, 0.15) is 25.3 Å². The first-order valence-electron chi connectivity index (χ1n) is 6.11. The van der Waals surface area contributed by atoms with Crippen molar-refractivity contribution in [1.82, 2.24) is 0 Å². The van der Waals surface area contributed by atoms with Crippen molar-refractivity contribution in [2.45, 2.75) is 19.8 Å². The summed E-state index contributed by atoms with van der Waals surface area (Å²) < 4.78 is 18.9. The van der Waals surface area contributed by atoms with Gasteiger partial charge in [0, 0.05) is 5.56 Å². The maximum atomic E-state index is 13.8. The zero-order valence-corrected chi connectivity index (χ0v) is 10.7. The normalized spacial score (nSPS) is 15.5. The van der Waals surface area contributed by atoms with Crippen LogP contribution in [0.4, 0.5) is 4.39 Å². The molecule has 0 atom stereocenters. The molecule has 18 heavy (non-hydrogen) atoms. The molecule has 0 amide bonds. The van der Waals surface area contributed by atoms with E-state index in [1.165, 1.54) is 11.6 Å². The Bertz CT molecular complexity index is 524. The van der Waals surface area contributed by atoms with Gasteiger partial charge in [0.2, 0.25) is 0 Å². The fraction of sp³-hybridized carbons (Fsp3) is 0.250. The number of hydrogen-bond donors (Lipinski definition) is 0. The molecule has 2 rings (SSSR count). The Balaban J connectivity index is 2.33. The summed E-state index contributed by atoms with van der Waals surface area (Å²) in [6, 6.07) is 4.86. The van der Waals surface area contributed by atoms with E-state index >= 15 is 0 Å². The van der Waals surface area contributed by atoms with E-state index in [-0.39, 0.29) is 5.82 Å². The summed E-state index contributed by atoms with van der Waals surface area (Å²) in [5.41, 5.74) is 2.95. The second kappa shape index (κ2) is 5.67. The summed E-state index contributed by atoms with van der Waals surface area (Å²) in [7, 11) is 1.59. The van der Waals surface area contributed by atoms with Crippen molar-refractivity contribution in [3.8, 4) is 5.75 Å². The number of hydrogen-bond acceptors (Lipinski definition) is 1. The molecular weight excluding hydrogens is 227 g/mol. The summed E-state index contributed by atoms with van der Waals surface area (Å²) in [5.74, 6) is 0.500. The Labute approximate surface area is 107 Å². The average Bonchev–Trinajstić information content (AvgIpc) is 2.41. The number of halogens is 1. The van der Waals surface area contributed by atoms with Gasteiger partial charge in [-0.25, -0.2) is 4.39 Å². The van der Waals surface area contributed by atoms with Gasteiger partial charge in [-0.15, -0.1) is 0 Å². The maximum absolute atomic E-state index is 13.8. The van der Waals surface area contributed by atoms with Crippen molar-refractivity contribution in [2.75, 3.05) is 7.11 Å². The lowest BCUT2D eigenvalue weighted by Gasteiger charge is -2.14. The second-order valence-corrected chi connectivity index (χ2v) is 4.28. The molecule has 0 aliphatic heterocycles. The molecule has 0 spiro atoms. The van der Waals surface area contributed by atoms with Crippen molar-refractivity contribution in [3.05, 3.63) is 59.5 Å². The second-order valence-electron chi connectivity index (χ2n) is 4.28. The van der Waals surface area contributed by atoms with Crippen LogP contribution in [0.3, 0.4) is 0 Å². The van der Waals surface area contributed by atoms with Crippen LogP contribution in [-0.4, -0.2) is 7.11 Å². The topological polar surface area (TPSA) is 9.23 Å². The number of rotatable bonds is 3. The zero-order chi connectivity index (χ0) is 13.0. The molecule has 1 nitrogen and oxygen atoms in total. The van der Waals surface area contributed by atoms with Gasteiger partial charge in [0.1, 0.15) is 11.6 Å². The number of methoxy groups -OCH3 is 1.